The maximum Gasteiger partial charge on any atom is 0.407 e. The normalized spacial score (nSPS) is 21.4. The molecule has 0 saturated carbocycles. The number of hydrogen-bond donors (Lipinski definition) is 1. The van der Waals surface area contributed by atoms with Gasteiger partial charge in [0, 0.05) is 51.4 Å². The van der Waals surface area contributed by atoms with Crippen LogP contribution in [0.2, 0.25) is 0 Å². The summed E-state index contributed by atoms with van der Waals surface area (Å²) in [6.07, 6.45) is -0.584. The minimum atomic E-state index is -0.871. The Balaban J connectivity index is 1.31. The van der Waals surface area contributed by atoms with E-state index in [0.717, 1.165) is 45.0 Å². The van der Waals surface area contributed by atoms with Crippen LogP contribution in [0.3, 0.4) is 0 Å². The summed E-state index contributed by atoms with van der Waals surface area (Å²) in [5, 5.41) is 18.3. The molecular weight excluding hydrogens is 424 g/mol. The van der Waals surface area contributed by atoms with Gasteiger partial charge in [-0.15, -0.1) is 0 Å². The molecule has 3 rings (SSSR count). The molecule has 0 radical (unpaired) electrons. The summed E-state index contributed by atoms with van der Waals surface area (Å²) < 4.78 is 17.5. The maximum atomic E-state index is 11.6. The Morgan fingerprint density at radius 1 is 1.09 bits per heavy atom. The van der Waals surface area contributed by atoms with Crippen molar-refractivity contribution in [3.63, 3.8) is 0 Å². The summed E-state index contributed by atoms with van der Waals surface area (Å²) in [5.74, 6) is 0.733. The largest absolute Gasteiger partial charge is 0.491 e. The molecule has 1 aromatic rings. The molecule has 2 unspecified atom stereocenters. The monoisotopic (exact) mass is 460 g/mol. The van der Waals surface area contributed by atoms with Crippen molar-refractivity contribution >= 4 is 6.09 Å². The summed E-state index contributed by atoms with van der Waals surface area (Å²) >= 11 is 0. The Labute approximate surface area is 196 Å². The number of carboxylic acid groups (broad SMARTS) is 1. The fourth-order valence-corrected chi connectivity index (χ4v) is 4.33. The van der Waals surface area contributed by atoms with E-state index < -0.39 is 11.6 Å². The Hall–Kier alpha value is -2.38. The number of carbonyl (C=O) groups is 1. The van der Waals surface area contributed by atoms with Crippen LogP contribution in [-0.2, 0) is 9.47 Å². The van der Waals surface area contributed by atoms with Crippen LogP contribution in [0.15, 0.2) is 24.3 Å². The van der Waals surface area contributed by atoms with Crippen molar-refractivity contribution in [2.45, 2.75) is 38.5 Å². The lowest BCUT2D eigenvalue weighted by Gasteiger charge is -2.46. The van der Waals surface area contributed by atoms with Gasteiger partial charge in [0.1, 0.15) is 12.4 Å². The molecule has 2 aliphatic rings. The third-order valence-corrected chi connectivity index (χ3v) is 5.94. The second kappa shape index (κ2) is 11.7. The molecule has 33 heavy (non-hydrogen) atoms. The van der Waals surface area contributed by atoms with E-state index in [0.29, 0.717) is 31.9 Å². The van der Waals surface area contributed by atoms with Gasteiger partial charge in [0.2, 0.25) is 0 Å². The van der Waals surface area contributed by atoms with Gasteiger partial charge in [-0.05, 0) is 45.0 Å². The van der Waals surface area contributed by atoms with Crippen LogP contribution in [0.25, 0.3) is 0 Å². The zero-order valence-electron chi connectivity index (χ0n) is 19.9. The third kappa shape index (κ3) is 7.86. The first-order chi connectivity index (χ1) is 15.7. The fraction of sp³-hybridized carbons (Fsp3) is 0.667. The highest BCUT2D eigenvalue weighted by Gasteiger charge is 2.35. The van der Waals surface area contributed by atoms with E-state index >= 15 is 0 Å². The highest BCUT2D eigenvalue weighted by Crippen LogP contribution is 2.20. The Bertz CT molecular complexity index is 791. The number of fused-ring (bicyclic) bond motifs is 2. The van der Waals surface area contributed by atoms with Crippen LogP contribution < -0.4 is 4.74 Å². The Morgan fingerprint density at radius 2 is 1.70 bits per heavy atom. The van der Waals surface area contributed by atoms with Gasteiger partial charge in [0.15, 0.2) is 0 Å². The third-order valence-electron chi connectivity index (χ3n) is 5.94. The van der Waals surface area contributed by atoms with Crippen LogP contribution in [-0.4, -0.2) is 109 Å². The average Bonchev–Trinajstić information content (AvgIpc) is 2.75. The van der Waals surface area contributed by atoms with Gasteiger partial charge in [-0.2, -0.15) is 5.26 Å². The smallest absolute Gasteiger partial charge is 0.407 e. The van der Waals surface area contributed by atoms with E-state index in [-0.39, 0.29) is 12.2 Å². The van der Waals surface area contributed by atoms with Gasteiger partial charge < -0.3 is 24.2 Å². The Kier molecular flexibility index (Phi) is 8.92. The highest BCUT2D eigenvalue weighted by atomic mass is 16.5. The van der Waals surface area contributed by atoms with Crippen molar-refractivity contribution in [2.75, 3.05) is 65.6 Å². The van der Waals surface area contributed by atoms with Crippen molar-refractivity contribution in [1.29, 1.82) is 5.26 Å². The molecule has 2 heterocycles. The van der Waals surface area contributed by atoms with Crippen molar-refractivity contribution in [2.24, 2.45) is 0 Å². The van der Waals surface area contributed by atoms with Gasteiger partial charge >= 0.3 is 6.09 Å². The van der Waals surface area contributed by atoms with Crippen molar-refractivity contribution < 1.29 is 24.1 Å². The van der Waals surface area contributed by atoms with Crippen LogP contribution in [0.1, 0.15) is 26.3 Å². The summed E-state index contributed by atoms with van der Waals surface area (Å²) in [6, 6.07) is 9.13. The quantitative estimate of drug-likeness (QED) is 0.530. The summed E-state index contributed by atoms with van der Waals surface area (Å²) in [7, 11) is 0. The number of ether oxygens (including phenoxy) is 3. The number of nitrogens with zero attached hydrogens (tertiary/aromatic N) is 4. The molecule has 0 spiro atoms. The molecule has 1 amide bonds. The van der Waals surface area contributed by atoms with E-state index in [1.807, 2.05) is 20.8 Å². The lowest BCUT2D eigenvalue weighted by molar-refractivity contribution is -0.141. The second-order valence-corrected chi connectivity index (χ2v) is 9.60. The first-order valence-electron chi connectivity index (χ1n) is 11.6. The number of nitriles is 1. The molecular formula is C24H36N4O5. The molecule has 1 N–H and O–H groups in total. The lowest BCUT2D eigenvalue weighted by Crippen LogP contribution is -2.60. The SMILES string of the molecule is CC(C)(C)N(CCN1CC2CN(CCOCCOc3ccc(C#N)cc3)CC(C1)O2)C(=O)O. The van der Waals surface area contributed by atoms with E-state index in [1.54, 1.807) is 24.3 Å². The zero-order valence-corrected chi connectivity index (χ0v) is 19.9. The molecule has 9 heteroatoms. The van der Waals surface area contributed by atoms with E-state index in [4.69, 9.17) is 19.5 Å². The predicted octanol–water partition coefficient (Wildman–Crippen LogP) is 2.12. The highest BCUT2D eigenvalue weighted by molar-refractivity contribution is 5.65. The fourth-order valence-electron chi connectivity index (χ4n) is 4.33. The molecule has 2 atom stereocenters. The number of morpholine rings is 2. The molecule has 0 aromatic heterocycles. The minimum absolute atomic E-state index is 0.144. The number of benzene rings is 1. The average molecular weight is 461 g/mol. The summed E-state index contributed by atoms with van der Waals surface area (Å²) in [4.78, 5) is 17.8. The number of amides is 1. The van der Waals surface area contributed by atoms with Gasteiger partial charge in [-0.3, -0.25) is 9.80 Å². The molecule has 2 aliphatic heterocycles. The van der Waals surface area contributed by atoms with Crippen molar-refractivity contribution in [3.8, 4) is 11.8 Å². The Morgan fingerprint density at radius 3 is 2.24 bits per heavy atom. The topological polar surface area (TPSA) is 98.5 Å². The molecule has 2 bridgehead atoms. The van der Waals surface area contributed by atoms with E-state index in [1.165, 1.54) is 4.90 Å². The van der Waals surface area contributed by atoms with Crippen molar-refractivity contribution in [1.82, 2.24) is 14.7 Å². The molecule has 9 nitrogen and oxygen atoms in total. The lowest BCUT2D eigenvalue weighted by atomic mass is 10.1. The summed E-state index contributed by atoms with van der Waals surface area (Å²) in [5.41, 5.74) is 0.210. The van der Waals surface area contributed by atoms with Crippen LogP contribution in [0.4, 0.5) is 4.79 Å². The number of rotatable bonds is 10. The van der Waals surface area contributed by atoms with Crippen molar-refractivity contribution in [3.05, 3.63) is 29.8 Å². The maximum absolute atomic E-state index is 11.6. The molecule has 0 aliphatic carbocycles. The molecule has 2 fully saturated rings. The minimum Gasteiger partial charge on any atom is -0.491 e. The first-order valence-corrected chi connectivity index (χ1v) is 11.6. The van der Waals surface area contributed by atoms with Gasteiger partial charge in [0.25, 0.3) is 0 Å². The van der Waals surface area contributed by atoms with Crippen LogP contribution in [0.5, 0.6) is 5.75 Å². The summed E-state index contributed by atoms with van der Waals surface area (Å²) in [6.45, 7) is 12.8. The van der Waals surface area contributed by atoms with Gasteiger partial charge in [0.05, 0.1) is 37.1 Å². The second-order valence-electron chi connectivity index (χ2n) is 9.60. The molecule has 2 saturated heterocycles. The zero-order chi connectivity index (χ0) is 23.8. The first kappa shape index (κ1) is 25.2. The van der Waals surface area contributed by atoms with E-state index in [9.17, 15) is 9.90 Å². The standard InChI is InChI=1S/C24H36N4O5/c1-24(2,3)28(23(29)30)9-8-26-15-21-17-27(18-22(16-26)33-21)10-11-31-12-13-32-20-6-4-19(14-25)5-7-20/h4-7,21-22H,8-13,15-18H2,1-3H3,(H,29,30). The van der Waals surface area contributed by atoms with Crippen LogP contribution in [0, 0.1) is 11.3 Å². The molecule has 182 valence electrons. The predicted molar refractivity (Wildman–Crippen MR) is 123 cm³/mol. The molecule has 1 aromatic carbocycles. The van der Waals surface area contributed by atoms with E-state index in [2.05, 4.69) is 15.9 Å². The van der Waals surface area contributed by atoms with Gasteiger partial charge in [-0.25, -0.2) is 4.79 Å². The number of hydrogen-bond acceptors (Lipinski definition) is 7. The van der Waals surface area contributed by atoms with Crippen LogP contribution >= 0.6 is 0 Å². The van der Waals surface area contributed by atoms with Gasteiger partial charge in [-0.1, -0.05) is 0 Å².